The number of nitrogens with two attached hydrogens (primary N) is 1. The summed E-state index contributed by atoms with van der Waals surface area (Å²) in [6.07, 6.45) is 0. The first-order valence-electron chi connectivity index (χ1n) is 11.6. The Kier molecular flexibility index (Phi) is 7.12. The molecule has 3 aromatic rings. The van der Waals surface area contributed by atoms with E-state index in [9.17, 15) is 14.4 Å². The standard InChI is InChI=1S/C25H30N6O3/c1-2-30(21(32)18-28-13-15-29(16-14-28)20-11-7-4-8-12-20)22-23(26)31(25(34)27-24(22)33)17-19-9-5-3-6-10-19/h3-12H,2,13-18,26H2,1H3,(H,27,33,34)/p+1. The number of aromatic amines is 1. The van der Waals surface area contributed by atoms with E-state index in [1.807, 2.05) is 48.5 Å². The topological polar surface area (TPSA) is 109 Å². The minimum atomic E-state index is -0.647. The van der Waals surface area contributed by atoms with Crippen LogP contribution < -0.4 is 31.7 Å². The molecule has 9 nitrogen and oxygen atoms in total. The van der Waals surface area contributed by atoms with Crippen molar-refractivity contribution < 1.29 is 9.69 Å². The molecule has 178 valence electrons. The van der Waals surface area contributed by atoms with Crippen LogP contribution in [0.1, 0.15) is 12.5 Å². The highest BCUT2D eigenvalue weighted by Gasteiger charge is 2.28. The smallest absolute Gasteiger partial charge is 0.330 e. The van der Waals surface area contributed by atoms with Crippen LogP contribution in [0.15, 0.2) is 70.3 Å². The van der Waals surface area contributed by atoms with Gasteiger partial charge in [-0.2, -0.15) is 0 Å². The molecule has 1 aliphatic rings. The van der Waals surface area contributed by atoms with Gasteiger partial charge in [-0.15, -0.1) is 0 Å². The van der Waals surface area contributed by atoms with Crippen molar-refractivity contribution in [1.82, 2.24) is 9.55 Å². The highest BCUT2D eigenvalue weighted by molar-refractivity contribution is 5.96. The molecule has 2 aromatic carbocycles. The van der Waals surface area contributed by atoms with Crippen molar-refractivity contribution in [3.63, 3.8) is 0 Å². The van der Waals surface area contributed by atoms with E-state index in [1.165, 1.54) is 15.2 Å². The van der Waals surface area contributed by atoms with Crippen molar-refractivity contribution >= 4 is 23.1 Å². The maximum Gasteiger partial charge on any atom is 0.330 e. The van der Waals surface area contributed by atoms with Crippen molar-refractivity contribution in [2.24, 2.45) is 0 Å². The van der Waals surface area contributed by atoms with E-state index in [2.05, 4.69) is 22.0 Å². The summed E-state index contributed by atoms with van der Waals surface area (Å²) in [4.78, 5) is 45.6. The van der Waals surface area contributed by atoms with Crippen LogP contribution in [0.3, 0.4) is 0 Å². The molecule has 1 aromatic heterocycles. The van der Waals surface area contributed by atoms with Crippen molar-refractivity contribution in [2.45, 2.75) is 13.5 Å². The number of H-pyrrole nitrogens is 1. The zero-order chi connectivity index (χ0) is 24.1. The highest BCUT2D eigenvalue weighted by Crippen LogP contribution is 2.18. The van der Waals surface area contributed by atoms with Crippen LogP contribution in [0.4, 0.5) is 17.2 Å². The maximum absolute atomic E-state index is 13.2. The Hall–Kier alpha value is -3.85. The minimum Gasteiger partial charge on any atom is -0.383 e. The Balaban J connectivity index is 1.49. The number of para-hydroxylation sites is 1. The molecule has 1 saturated heterocycles. The maximum atomic E-state index is 13.2. The van der Waals surface area contributed by atoms with Gasteiger partial charge in [0, 0.05) is 12.2 Å². The molecular formula is C25H31N6O3+. The van der Waals surface area contributed by atoms with Crippen LogP contribution in [0.2, 0.25) is 0 Å². The molecule has 1 amide bonds. The zero-order valence-electron chi connectivity index (χ0n) is 19.4. The van der Waals surface area contributed by atoms with Gasteiger partial charge in [-0.05, 0) is 24.6 Å². The number of quaternary nitrogens is 1. The van der Waals surface area contributed by atoms with E-state index in [1.54, 1.807) is 6.92 Å². The third-order valence-corrected chi connectivity index (χ3v) is 6.28. The molecular weight excluding hydrogens is 432 g/mol. The van der Waals surface area contributed by atoms with Crippen LogP contribution in [0.5, 0.6) is 0 Å². The van der Waals surface area contributed by atoms with Crippen LogP contribution >= 0.6 is 0 Å². The van der Waals surface area contributed by atoms with Gasteiger partial charge in [0.2, 0.25) is 0 Å². The van der Waals surface area contributed by atoms with Crippen LogP contribution in [-0.4, -0.2) is 54.7 Å². The molecule has 4 N–H and O–H groups in total. The first kappa shape index (κ1) is 23.3. The third kappa shape index (κ3) is 5.04. The Bertz CT molecular complexity index is 1230. The molecule has 0 radical (unpaired) electrons. The molecule has 0 aliphatic carbocycles. The number of rotatable bonds is 7. The van der Waals surface area contributed by atoms with Gasteiger partial charge in [0.15, 0.2) is 12.2 Å². The minimum absolute atomic E-state index is 0.00306. The van der Waals surface area contributed by atoms with Crippen molar-refractivity contribution in [3.05, 3.63) is 87.1 Å². The number of amides is 1. The summed E-state index contributed by atoms with van der Waals surface area (Å²) in [5, 5.41) is 0. The number of hydrogen-bond acceptors (Lipinski definition) is 5. The molecule has 0 spiro atoms. The highest BCUT2D eigenvalue weighted by atomic mass is 16.2. The fraction of sp³-hybridized carbons (Fsp3) is 0.320. The second kappa shape index (κ2) is 10.4. The number of nitrogens with zero attached hydrogens (tertiary/aromatic N) is 3. The van der Waals surface area contributed by atoms with E-state index >= 15 is 0 Å². The Morgan fingerprint density at radius 2 is 1.65 bits per heavy atom. The molecule has 1 aliphatic heterocycles. The quantitative estimate of drug-likeness (QED) is 0.454. The summed E-state index contributed by atoms with van der Waals surface area (Å²) in [6, 6.07) is 19.6. The van der Waals surface area contributed by atoms with Gasteiger partial charge in [0.25, 0.3) is 11.5 Å². The lowest BCUT2D eigenvalue weighted by Crippen LogP contribution is -3.16. The zero-order valence-corrected chi connectivity index (χ0v) is 19.4. The van der Waals surface area contributed by atoms with E-state index in [0.29, 0.717) is 0 Å². The second-order valence-electron chi connectivity index (χ2n) is 8.45. The lowest BCUT2D eigenvalue weighted by Gasteiger charge is -2.34. The summed E-state index contributed by atoms with van der Waals surface area (Å²) in [5.74, 6) is -0.190. The van der Waals surface area contributed by atoms with Crippen molar-refractivity contribution in [2.75, 3.05) is 54.8 Å². The molecule has 0 bridgehead atoms. The number of hydrogen-bond donors (Lipinski definition) is 3. The predicted octanol–water partition coefficient (Wildman–Crippen LogP) is -0.0749. The molecule has 0 unspecified atom stereocenters. The van der Waals surface area contributed by atoms with E-state index < -0.39 is 11.2 Å². The molecule has 4 rings (SSSR count). The number of nitrogens with one attached hydrogen (secondary N) is 2. The Morgan fingerprint density at radius 1 is 1.03 bits per heavy atom. The van der Waals surface area contributed by atoms with E-state index in [-0.39, 0.29) is 37.0 Å². The number of benzene rings is 2. The number of likely N-dealkylation sites (N-methyl/N-ethyl adjacent to an activating group) is 1. The van der Waals surface area contributed by atoms with Gasteiger partial charge in [-0.3, -0.25) is 24.0 Å². The summed E-state index contributed by atoms with van der Waals surface area (Å²) in [5.41, 5.74) is 7.14. The van der Waals surface area contributed by atoms with Crippen LogP contribution in [0, 0.1) is 0 Å². The first-order chi connectivity index (χ1) is 16.5. The van der Waals surface area contributed by atoms with E-state index in [0.717, 1.165) is 36.6 Å². The predicted molar refractivity (Wildman–Crippen MR) is 134 cm³/mol. The average molecular weight is 464 g/mol. The van der Waals surface area contributed by atoms with Crippen molar-refractivity contribution in [1.29, 1.82) is 0 Å². The number of carbonyl (C=O) groups excluding carboxylic acids is 1. The van der Waals surface area contributed by atoms with Crippen LogP contribution in [0.25, 0.3) is 0 Å². The molecule has 1 fully saturated rings. The fourth-order valence-electron chi connectivity index (χ4n) is 4.43. The summed E-state index contributed by atoms with van der Waals surface area (Å²) >= 11 is 0. The van der Waals surface area contributed by atoms with Gasteiger partial charge >= 0.3 is 5.69 Å². The lowest BCUT2D eigenvalue weighted by atomic mass is 10.2. The summed E-state index contributed by atoms with van der Waals surface area (Å²) < 4.78 is 1.30. The molecule has 0 saturated carbocycles. The number of aromatic nitrogens is 2. The first-order valence-corrected chi connectivity index (χ1v) is 11.6. The molecule has 0 atom stereocenters. The largest absolute Gasteiger partial charge is 0.383 e. The number of carbonyl (C=O) groups is 1. The fourth-order valence-corrected chi connectivity index (χ4v) is 4.43. The second-order valence-corrected chi connectivity index (χ2v) is 8.45. The number of anilines is 3. The Labute approximate surface area is 198 Å². The van der Waals surface area contributed by atoms with Gasteiger partial charge < -0.3 is 15.5 Å². The number of nitrogen functional groups attached to an aromatic ring is 1. The monoisotopic (exact) mass is 463 g/mol. The van der Waals surface area contributed by atoms with Crippen LogP contribution in [-0.2, 0) is 11.3 Å². The van der Waals surface area contributed by atoms with Gasteiger partial charge in [0.05, 0.1) is 32.7 Å². The molecule has 9 heteroatoms. The Morgan fingerprint density at radius 3 is 2.26 bits per heavy atom. The summed E-state index contributed by atoms with van der Waals surface area (Å²) in [6.45, 7) is 5.87. The third-order valence-electron chi connectivity index (χ3n) is 6.28. The van der Waals surface area contributed by atoms with Gasteiger partial charge in [-0.25, -0.2) is 4.79 Å². The average Bonchev–Trinajstić information content (AvgIpc) is 2.86. The lowest BCUT2D eigenvalue weighted by molar-refractivity contribution is -0.892. The normalized spacial score (nSPS) is 14.2. The van der Waals surface area contributed by atoms with Gasteiger partial charge in [0.1, 0.15) is 5.82 Å². The SMILES string of the molecule is CCN(C(=O)C[NH+]1CCN(c2ccccc2)CC1)c1c(N)n(Cc2ccccc2)c(=O)[nH]c1=O. The number of piperazine rings is 1. The molecule has 34 heavy (non-hydrogen) atoms. The summed E-state index contributed by atoms with van der Waals surface area (Å²) in [7, 11) is 0. The van der Waals surface area contributed by atoms with E-state index in [4.69, 9.17) is 5.73 Å². The van der Waals surface area contributed by atoms with Crippen molar-refractivity contribution in [3.8, 4) is 0 Å². The van der Waals surface area contributed by atoms with Gasteiger partial charge in [-0.1, -0.05) is 48.5 Å². The molecule has 2 heterocycles.